The molecule has 72 valence electrons. The Morgan fingerprint density at radius 3 is 2.79 bits per heavy atom. The zero-order valence-corrected chi connectivity index (χ0v) is 8.33. The SMILES string of the molecule is O=c1[nH]c(=O)c2c(cc(Br)c[n+]2O)[nH]1. The average molecular weight is 259 g/mol. The second-order valence-corrected chi connectivity index (χ2v) is 3.59. The summed E-state index contributed by atoms with van der Waals surface area (Å²) in [7, 11) is 0. The first-order chi connectivity index (χ1) is 6.58. The van der Waals surface area contributed by atoms with Crippen molar-refractivity contribution in [1.82, 2.24) is 9.97 Å². The highest BCUT2D eigenvalue weighted by molar-refractivity contribution is 9.10. The molecule has 0 saturated carbocycles. The first-order valence-electron chi connectivity index (χ1n) is 3.65. The van der Waals surface area contributed by atoms with Crippen LogP contribution in [0.4, 0.5) is 0 Å². The molecule has 0 saturated heterocycles. The van der Waals surface area contributed by atoms with Crippen LogP contribution in [0.3, 0.4) is 0 Å². The van der Waals surface area contributed by atoms with E-state index < -0.39 is 11.2 Å². The van der Waals surface area contributed by atoms with Crippen LogP contribution in [0.25, 0.3) is 11.0 Å². The Morgan fingerprint density at radius 2 is 2.07 bits per heavy atom. The van der Waals surface area contributed by atoms with E-state index >= 15 is 0 Å². The number of rotatable bonds is 0. The first-order valence-corrected chi connectivity index (χ1v) is 4.44. The molecule has 0 amide bonds. The summed E-state index contributed by atoms with van der Waals surface area (Å²) in [6, 6.07) is 1.53. The Morgan fingerprint density at radius 1 is 1.36 bits per heavy atom. The van der Waals surface area contributed by atoms with E-state index in [2.05, 4.69) is 20.9 Å². The summed E-state index contributed by atoms with van der Waals surface area (Å²) in [4.78, 5) is 26.6. The van der Waals surface area contributed by atoms with Crippen molar-refractivity contribution < 1.29 is 9.94 Å². The van der Waals surface area contributed by atoms with Gasteiger partial charge in [0, 0.05) is 4.73 Å². The molecule has 3 N–H and O–H groups in total. The molecule has 2 rings (SSSR count). The van der Waals surface area contributed by atoms with Crippen LogP contribution in [0.1, 0.15) is 0 Å². The molecule has 0 fully saturated rings. The summed E-state index contributed by atoms with van der Waals surface area (Å²) in [5.74, 6) is 0. The zero-order chi connectivity index (χ0) is 10.3. The van der Waals surface area contributed by atoms with Gasteiger partial charge < -0.3 is 4.98 Å². The van der Waals surface area contributed by atoms with Crippen molar-refractivity contribution in [2.24, 2.45) is 0 Å². The average Bonchev–Trinajstić information content (AvgIpc) is 1.99. The Balaban J connectivity index is 3.10. The monoisotopic (exact) mass is 258 g/mol. The number of H-pyrrole nitrogens is 2. The molecule has 7 heteroatoms. The third-order valence-corrected chi connectivity index (χ3v) is 2.14. The number of pyridine rings is 1. The normalized spacial score (nSPS) is 10.6. The molecule has 0 aliphatic carbocycles. The number of nitrogens with one attached hydrogen (secondary N) is 2. The minimum Gasteiger partial charge on any atom is -0.301 e. The number of aromatic nitrogens is 3. The summed E-state index contributed by atoms with van der Waals surface area (Å²) in [5, 5.41) is 9.37. The van der Waals surface area contributed by atoms with Crippen molar-refractivity contribution >= 4 is 27.0 Å². The van der Waals surface area contributed by atoms with Crippen LogP contribution in [0.2, 0.25) is 0 Å². The molecule has 0 unspecified atom stereocenters. The minimum atomic E-state index is -0.640. The molecule has 2 aromatic heterocycles. The van der Waals surface area contributed by atoms with E-state index in [4.69, 9.17) is 0 Å². The summed E-state index contributed by atoms with van der Waals surface area (Å²) in [5.41, 5.74) is -0.997. The predicted octanol–water partition coefficient (Wildman–Crippen LogP) is -0.496. The van der Waals surface area contributed by atoms with Crippen LogP contribution < -0.4 is 16.0 Å². The first kappa shape index (κ1) is 8.95. The van der Waals surface area contributed by atoms with Gasteiger partial charge in [-0.1, -0.05) is 0 Å². The molecule has 0 atom stereocenters. The van der Waals surface area contributed by atoms with Crippen LogP contribution in [0.15, 0.2) is 26.3 Å². The van der Waals surface area contributed by atoms with Gasteiger partial charge in [0.05, 0.1) is 4.47 Å². The number of hydrogen-bond acceptors (Lipinski definition) is 3. The van der Waals surface area contributed by atoms with E-state index in [1.807, 2.05) is 4.98 Å². The van der Waals surface area contributed by atoms with Crippen molar-refractivity contribution in [2.75, 3.05) is 0 Å². The summed E-state index contributed by atoms with van der Waals surface area (Å²) >= 11 is 3.12. The molecular weight excluding hydrogens is 254 g/mol. The maximum absolute atomic E-state index is 11.3. The standard InChI is InChI=1S/C7H4BrN3O3/c8-3-1-4-5(11(14)2-3)6(12)10-7(13)9-4/h1-2H,(H2-,9,10,12,13,14)/p+1. The lowest BCUT2D eigenvalue weighted by Crippen LogP contribution is -2.38. The van der Waals surface area contributed by atoms with Crippen molar-refractivity contribution in [3.8, 4) is 0 Å². The van der Waals surface area contributed by atoms with E-state index in [-0.39, 0.29) is 11.0 Å². The molecular formula is C7H5BrN3O3+. The second-order valence-electron chi connectivity index (χ2n) is 2.67. The number of hydrogen-bond donors (Lipinski definition) is 3. The van der Waals surface area contributed by atoms with Crippen LogP contribution in [0, 0.1) is 0 Å². The third-order valence-electron chi connectivity index (χ3n) is 1.70. The van der Waals surface area contributed by atoms with Gasteiger partial charge >= 0.3 is 16.8 Å². The summed E-state index contributed by atoms with van der Waals surface area (Å²) in [6.45, 7) is 0. The topological polar surface area (TPSA) is 89.8 Å². The molecule has 0 aliphatic rings. The fraction of sp³-hybridized carbons (Fsp3) is 0. The zero-order valence-electron chi connectivity index (χ0n) is 6.74. The maximum atomic E-state index is 11.3. The highest BCUT2D eigenvalue weighted by atomic mass is 79.9. The van der Waals surface area contributed by atoms with Gasteiger partial charge in [0.15, 0.2) is 0 Å². The van der Waals surface area contributed by atoms with Gasteiger partial charge in [0.2, 0.25) is 6.20 Å². The molecule has 2 aromatic rings. The maximum Gasteiger partial charge on any atom is 0.345 e. The number of aromatic amines is 2. The van der Waals surface area contributed by atoms with Crippen molar-refractivity contribution in [3.05, 3.63) is 37.6 Å². The van der Waals surface area contributed by atoms with Gasteiger partial charge in [0.1, 0.15) is 5.52 Å². The van der Waals surface area contributed by atoms with Gasteiger partial charge in [-0.05, 0) is 22.0 Å². The van der Waals surface area contributed by atoms with E-state index in [0.717, 1.165) is 0 Å². The van der Waals surface area contributed by atoms with E-state index in [1.165, 1.54) is 12.3 Å². The number of fused-ring (bicyclic) bond motifs is 1. The molecule has 14 heavy (non-hydrogen) atoms. The molecule has 0 aliphatic heterocycles. The Bertz CT molecular complexity index is 616. The molecule has 0 bridgehead atoms. The lowest BCUT2D eigenvalue weighted by Gasteiger charge is -1.92. The molecule has 0 aromatic carbocycles. The molecule has 0 radical (unpaired) electrons. The van der Waals surface area contributed by atoms with Gasteiger partial charge in [0.25, 0.3) is 0 Å². The van der Waals surface area contributed by atoms with Gasteiger partial charge in [-0.15, -0.1) is 0 Å². The minimum absolute atomic E-state index is 0.00667. The van der Waals surface area contributed by atoms with Crippen molar-refractivity contribution in [1.29, 1.82) is 0 Å². The second kappa shape index (κ2) is 2.95. The number of halogens is 1. The fourth-order valence-electron chi connectivity index (χ4n) is 1.19. The van der Waals surface area contributed by atoms with E-state index in [1.54, 1.807) is 0 Å². The van der Waals surface area contributed by atoms with Gasteiger partial charge in [-0.25, -0.2) is 4.79 Å². The largest absolute Gasteiger partial charge is 0.345 e. The Labute approximate surface area is 84.9 Å². The third kappa shape index (κ3) is 1.31. The van der Waals surface area contributed by atoms with Crippen LogP contribution in [-0.4, -0.2) is 15.2 Å². The van der Waals surface area contributed by atoms with Crippen LogP contribution >= 0.6 is 15.9 Å². The molecule has 6 nitrogen and oxygen atoms in total. The highest BCUT2D eigenvalue weighted by Gasteiger charge is 2.15. The lowest BCUT2D eigenvalue weighted by molar-refractivity contribution is -0.885. The Kier molecular flexibility index (Phi) is 1.88. The van der Waals surface area contributed by atoms with Gasteiger partial charge in [-0.3, -0.25) is 15.0 Å². The van der Waals surface area contributed by atoms with E-state index in [0.29, 0.717) is 9.20 Å². The van der Waals surface area contributed by atoms with Crippen molar-refractivity contribution in [3.63, 3.8) is 0 Å². The fourth-order valence-corrected chi connectivity index (χ4v) is 1.61. The summed E-state index contributed by atoms with van der Waals surface area (Å²) < 4.78 is 1.20. The van der Waals surface area contributed by atoms with Crippen LogP contribution in [0.5, 0.6) is 0 Å². The Hall–Kier alpha value is -1.63. The summed E-state index contributed by atoms with van der Waals surface area (Å²) in [6.07, 6.45) is 1.30. The van der Waals surface area contributed by atoms with Gasteiger partial charge in [-0.2, -0.15) is 0 Å². The molecule has 2 heterocycles. The van der Waals surface area contributed by atoms with Crippen LogP contribution in [-0.2, 0) is 0 Å². The number of nitrogens with zero attached hydrogens (tertiary/aromatic N) is 1. The smallest absolute Gasteiger partial charge is 0.301 e. The highest BCUT2D eigenvalue weighted by Crippen LogP contribution is 2.09. The van der Waals surface area contributed by atoms with E-state index in [9.17, 15) is 14.8 Å². The molecule has 0 spiro atoms. The lowest BCUT2D eigenvalue weighted by atomic mass is 10.4. The predicted molar refractivity (Wildman–Crippen MR) is 50.3 cm³/mol. The quantitative estimate of drug-likeness (QED) is 0.440. The van der Waals surface area contributed by atoms with Crippen molar-refractivity contribution in [2.45, 2.75) is 0 Å².